The van der Waals surface area contributed by atoms with Gasteiger partial charge in [-0.1, -0.05) is 39.8 Å². The molecule has 114 valence electrons. The van der Waals surface area contributed by atoms with Crippen molar-refractivity contribution in [2.24, 2.45) is 11.3 Å². The molecule has 0 fully saturated rings. The third-order valence-corrected chi connectivity index (χ3v) is 4.44. The second kappa shape index (κ2) is 7.56. The van der Waals surface area contributed by atoms with Crippen LogP contribution in [0.1, 0.15) is 46.1 Å². The minimum absolute atomic E-state index is 0.180. The highest BCUT2D eigenvalue weighted by atomic mass is 79.9. The summed E-state index contributed by atoms with van der Waals surface area (Å²) in [6.07, 6.45) is 3.16. The van der Waals surface area contributed by atoms with Crippen molar-refractivity contribution in [3.8, 4) is 0 Å². The van der Waals surface area contributed by atoms with E-state index in [-0.39, 0.29) is 5.82 Å². The molecule has 2 atom stereocenters. The van der Waals surface area contributed by atoms with Gasteiger partial charge in [0.1, 0.15) is 5.82 Å². The van der Waals surface area contributed by atoms with Crippen molar-refractivity contribution < 1.29 is 4.39 Å². The van der Waals surface area contributed by atoms with Crippen LogP contribution in [-0.2, 0) is 6.42 Å². The SMILES string of the molecule is CNC(Cc1cccc(F)c1Br)CC(C)CC(C)(C)C. The van der Waals surface area contributed by atoms with Crippen LogP contribution < -0.4 is 5.32 Å². The molecule has 1 aromatic rings. The fourth-order valence-electron chi connectivity index (χ4n) is 2.89. The Hall–Kier alpha value is -0.410. The molecule has 0 saturated heterocycles. The lowest BCUT2D eigenvalue weighted by Crippen LogP contribution is -2.30. The predicted octanol–water partition coefficient (Wildman–Crippen LogP) is 5.18. The Morgan fingerprint density at radius 3 is 2.50 bits per heavy atom. The summed E-state index contributed by atoms with van der Waals surface area (Å²) >= 11 is 3.35. The largest absolute Gasteiger partial charge is 0.317 e. The molecular weight excluding hydrogens is 317 g/mol. The number of halogens is 2. The summed E-state index contributed by atoms with van der Waals surface area (Å²) in [7, 11) is 1.99. The van der Waals surface area contributed by atoms with E-state index >= 15 is 0 Å². The van der Waals surface area contributed by atoms with E-state index in [4.69, 9.17) is 0 Å². The fraction of sp³-hybridized carbons (Fsp3) is 0.647. The molecule has 0 heterocycles. The molecule has 1 aromatic carbocycles. The number of likely N-dealkylation sites (N-methyl/N-ethyl adjacent to an activating group) is 1. The Morgan fingerprint density at radius 1 is 1.30 bits per heavy atom. The zero-order valence-electron chi connectivity index (χ0n) is 13.3. The van der Waals surface area contributed by atoms with E-state index in [1.165, 1.54) is 12.5 Å². The van der Waals surface area contributed by atoms with Crippen LogP contribution in [0.3, 0.4) is 0 Å². The molecule has 1 rings (SSSR count). The molecule has 0 aliphatic rings. The Bertz CT molecular complexity index is 425. The van der Waals surface area contributed by atoms with Crippen LogP contribution >= 0.6 is 15.9 Å². The third kappa shape index (κ3) is 5.92. The molecule has 0 radical (unpaired) electrons. The van der Waals surface area contributed by atoms with Gasteiger partial charge in [0, 0.05) is 6.04 Å². The van der Waals surface area contributed by atoms with E-state index in [2.05, 4.69) is 48.9 Å². The zero-order valence-corrected chi connectivity index (χ0v) is 14.8. The van der Waals surface area contributed by atoms with Crippen LogP contribution in [-0.4, -0.2) is 13.1 Å². The summed E-state index contributed by atoms with van der Waals surface area (Å²) in [5, 5.41) is 3.37. The third-order valence-electron chi connectivity index (χ3n) is 3.55. The Balaban J connectivity index is 2.65. The van der Waals surface area contributed by atoms with Crippen LogP contribution in [0.25, 0.3) is 0 Å². The smallest absolute Gasteiger partial charge is 0.137 e. The highest BCUT2D eigenvalue weighted by Gasteiger charge is 2.19. The van der Waals surface area contributed by atoms with E-state index in [1.807, 2.05) is 13.1 Å². The first-order valence-corrected chi connectivity index (χ1v) is 8.12. The van der Waals surface area contributed by atoms with Gasteiger partial charge in [-0.05, 0) is 65.2 Å². The van der Waals surface area contributed by atoms with Crippen LogP contribution in [0.15, 0.2) is 22.7 Å². The van der Waals surface area contributed by atoms with Gasteiger partial charge >= 0.3 is 0 Å². The molecule has 0 bridgehead atoms. The summed E-state index contributed by atoms with van der Waals surface area (Å²) < 4.78 is 14.2. The van der Waals surface area contributed by atoms with Crippen molar-refractivity contribution in [1.82, 2.24) is 5.32 Å². The van der Waals surface area contributed by atoms with Crippen molar-refractivity contribution in [3.63, 3.8) is 0 Å². The number of benzene rings is 1. The lowest BCUT2D eigenvalue weighted by atomic mass is 9.82. The van der Waals surface area contributed by atoms with E-state index in [0.717, 1.165) is 18.4 Å². The lowest BCUT2D eigenvalue weighted by Gasteiger charge is -2.27. The summed E-state index contributed by atoms with van der Waals surface area (Å²) in [6, 6.07) is 5.64. The van der Waals surface area contributed by atoms with Gasteiger partial charge in [0.25, 0.3) is 0 Å². The van der Waals surface area contributed by atoms with E-state index in [0.29, 0.717) is 21.8 Å². The summed E-state index contributed by atoms with van der Waals surface area (Å²) in [6.45, 7) is 9.14. The van der Waals surface area contributed by atoms with E-state index in [9.17, 15) is 4.39 Å². The van der Waals surface area contributed by atoms with Gasteiger partial charge in [-0.3, -0.25) is 0 Å². The number of hydrogen-bond donors (Lipinski definition) is 1. The predicted molar refractivity (Wildman–Crippen MR) is 88.5 cm³/mol. The standard InChI is InChI=1S/C17H27BrFN/c1-12(11-17(2,3)4)9-14(20-5)10-13-7-6-8-15(19)16(13)18/h6-8,12,14,20H,9-11H2,1-5H3. The molecule has 3 heteroatoms. The first-order valence-electron chi connectivity index (χ1n) is 7.33. The van der Waals surface area contributed by atoms with Gasteiger partial charge in [-0.2, -0.15) is 0 Å². The van der Waals surface area contributed by atoms with E-state index < -0.39 is 0 Å². The normalized spacial score (nSPS) is 15.2. The van der Waals surface area contributed by atoms with Crippen molar-refractivity contribution in [2.75, 3.05) is 7.05 Å². The summed E-state index contributed by atoms with van der Waals surface area (Å²) in [5.41, 5.74) is 1.39. The molecule has 1 N–H and O–H groups in total. The number of nitrogens with one attached hydrogen (secondary N) is 1. The van der Waals surface area contributed by atoms with Crippen LogP contribution in [0.2, 0.25) is 0 Å². The van der Waals surface area contributed by atoms with Gasteiger partial charge in [-0.25, -0.2) is 4.39 Å². The average molecular weight is 344 g/mol. The molecule has 1 nitrogen and oxygen atoms in total. The molecule has 0 aliphatic heterocycles. The molecule has 0 aliphatic carbocycles. The van der Waals surface area contributed by atoms with Crippen molar-refractivity contribution in [3.05, 3.63) is 34.1 Å². The minimum Gasteiger partial charge on any atom is -0.317 e. The van der Waals surface area contributed by atoms with Gasteiger partial charge in [0.05, 0.1) is 4.47 Å². The topological polar surface area (TPSA) is 12.0 Å². The first-order chi connectivity index (χ1) is 9.23. The van der Waals surface area contributed by atoms with Crippen molar-refractivity contribution >= 4 is 15.9 Å². The average Bonchev–Trinajstić information content (AvgIpc) is 2.31. The van der Waals surface area contributed by atoms with Crippen molar-refractivity contribution in [2.45, 2.75) is 53.0 Å². The van der Waals surface area contributed by atoms with Crippen LogP contribution in [0, 0.1) is 17.2 Å². The van der Waals surface area contributed by atoms with E-state index in [1.54, 1.807) is 6.07 Å². The molecule has 0 spiro atoms. The summed E-state index contributed by atoms with van der Waals surface area (Å²) in [4.78, 5) is 0. The molecule has 2 unspecified atom stereocenters. The second-order valence-corrected chi connectivity index (χ2v) is 7.80. The second-order valence-electron chi connectivity index (χ2n) is 7.01. The fourth-order valence-corrected chi connectivity index (χ4v) is 3.32. The highest BCUT2D eigenvalue weighted by molar-refractivity contribution is 9.10. The van der Waals surface area contributed by atoms with Gasteiger partial charge in [0.15, 0.2) is 0 Å². The zero-order chi connectivity index (χ0) is 15.3. The summed E-state index contributed by atoms with van der Waals surface area (Å²) in [5.74, 6) is 0.472. The maximum atomic E-state index is 13.6. The Morgan fingerprint density at radius 2 is 1.95 bits per heavy atom. The Labute approximate surface area is 131 Å². The van der Waals surface area contributed by atoms with Crippen molar-refractivity contribution in [1.29, 1.82) is 0 Å². The van der Waals surface area contributed by atoms with Gasteiger partial charge < -0.3 is 5.32 Å². The minimum atomic E-state index is -0.180. The highest BCUT2D eigenvalue weighted by Crippen LogP contribution is 2.28. The number of rotatable bonds is 6. The number of hydrogen-bond acceptors (Lipinski definition) is 1. The van der Waals surface area contributed by atoms with Gasteiger partial charge in [-0.15, -0.1) is 0 Å². The maximum Gasteiger partial charge on any atom is 0.137 e. The maximum absolute atomic E-state index is 13.6. The Kier molecular flexibility index (Phi) is 6.67. The quantitative estimate of drug-likeness (QED) is 0.750. The monoisotopic (exact) mass is 343 g/mol. The van der Waals surface area contributed by atoms with Crippen LogP contribution in [0.4, 0.5) is 4.39 Å². The van der Waals surface area contributed by atoms with Gasteiger partial charge in [0.2, 0.25) is 0 Å². The molecular formula is C17H27BrFN. The lowest BCUT2D eigenvalue weighted by molar-refractivity contribution is 0.277. The molecule has 0 saturated carbocycles. The van der Waals surface area contributed by atoms with Crippen LogP contribution in [0.5, 0.6) is 0 Å². The molecule has 20 heavy (non-hydrogen) atoms. The molecule has 0 amide bonds. The first kappa shape index (κ1) is 17.6. The molecule has 0 aromatic heterocycles.